The Balaban J connectivity index is 1.67. The first kappa shape index (κ1) is 19.9. The van der Waals surface area contributed by atoms with E-state index < -0.39 is 0 Å². The van der Waals surface area contributed by atoms with Crippen LogP contribution in [0.4, 0.5) is 0 Å². The first-order valence-corrected chi connectivity index (χ1v) is 10.4. The van der Waals surface area contributed by atoms with Gasteiger partial charge in [0.05, 0.1) is 22.3 Å². The van der Waals surface area contributed by atoms with Gasteiger partial charge >= 0.3 is 0 Å². The van der Waals surface area contributed by atoms with E-state index in [1.807, 2.05) is 41.3 Å². The number of aromatic nitrogens is 1. The van der Waals surface area contributed by atoms with Crippen LogP contribution in [0.1, 0.15) is 29.0 Å². The molecule has 0 atom stereocenters. The number of rotatable bonds is 8. The number of hydrogen-bond acceptors (Lipinski definition) is 3. The number of benzene rings is 1. The van der Waals surface area contributed by atoms with Crippen LogP contribution in [0.25, 0.3) is 0 Å². The fourth-order valence-electron chi connectivity index (χ4n) is 2.80. The predicted octanol–water partition coefficient (Wildman–Crippen LogP) is 6.00. The molecule has 0 aliphatic heterocycles. The number of thiophene rings is 1. The molecule has 0 unspecified atom stereocenters. The quantitative estimate of drug-likeness (QED) is 0.449. The molecule has 0 saturated carbocycles. The van der Waals surface area contributed by atoms with E-state index in [4.69, 9.17) is 23.2 Å². The maximum Gasteiger partial charge on any atom is 0.223 e. The Labute approximate surface area is 173 Å². The van der Waals surface area contributed by atoms with Crippen molar-refractivity contribution in [1.29, 1.82) is 0 Å². The second-order valence-corrected chi connectivity index (χ2v) is 8.10. The summed E-state index contributed by atoms with van der Waals surface area (Å²) in [5, 5.41) is 3.07. The van der Waals surface area contributed by atoms with E-state index in [-0.39, 0.29) is 5.91 Å². The van der Waals surface area contributed by atoms with Gasteiger partial charge in [0, 0.05) is 24.0 Å². The van der Waals surface area contributed by atoms with E-state index >= 15 is 0 Å². The van der Waals surface area contributed by atoms with E-state index in [0.717, 1.165) is 24.1 Å². The lowest BCUT2D eigenvalue weighted by atomic mass is 10.1. The normalized spacial score (nSPS) is 10.7. The third-order valence-corrected chi connectivity index (χ3v) is 5.86. The molecular formula is C21H20Cl2N2OS. The summed E-state index contributed by atoms with van der Waals surface area (Å²) >= 11 is 13.9. The topological polar surface area (TPSA) is 33.2 Å². The lowest BCUT2D eigenvalue weighted by molar-refractivity contribution is -0.132. The van der Waals surface area contributed by atoms with E-state index in [1.54, 1.807) is 23.6 Å². The molecule has 0 spiro atoms. The lowest BCUT2D eigenvalue weighted by Crippen LogP contribution is -2.30. The molecule has 0 bridgehead atoms. The maximum atomic E-state index is 12.9. The van der Waals surface area contributed by atoms with E-state index in [1.165, 1.54) is 4.88 Å². The molecule has 0 radical (unpaired) electrons. The fourth-order valence-corrected chi connectivity index (χ4v) is 3.88. The summed E-state index contributed by atoms with van der Waals surface area (Å²) in [5.41, 5.74) is 1.82. The number of amides is 1. The highest BCUT2D eigenvalue weighted by Gasteiger charge is 2.16. The summed E-state index contributed by atoms with van der Waals surface area (Å²) in [6.07, 6.45) is 4.01. The number of hydrogen-bond donors (Lipinski definition) is 0. The van der Waals surface area contributed by atoms with Crippen LogP contribution < -0.4 is 0 Å². The zero-order valence-electron chi connectivity index (χ0n) is 14.8. The third-order valence-electron chi connectivity index (χ3n) is 4.18. The zero-order chi connectivity index (χ0) is 19.1. The summed E-state index contributed by atoms with van der Waals surface area (Å²) < 4.78 is 0. The van der Waals surface area contributed by atoms with E-state index in [9.17, 15) is 4.79 Å². The van der Waals surface area contributed by atoms with Gasteiger partial charge in [0.15, 0.2) is 0 Å². The Hall–Kier alpha value is -1.88. The van der Waals surface area contributed by atoms with Crippen LogP contribution in [0.15, 0.2) is 60.1 Å². The number of carbonyl (C=O) groups excluding carboxylic acids is 1. The van der Waals surface area contributed by atoms with Crippen LogP contribution in [0.2, 0.25) is 10.0 Å². The molecule has 3 nitrogen and oxygen atoms in total. The van der Waals surface area contributed by atoms with Crippen LogP contribution in [0.5, 0.6) is 0 Å². The van der Waals surface area contributed by atoms with Gasteiger partial charge in [-0.15, -0.1) is 11.3 Å². The number of nitrogens with zero attached hydrogens (tertiary/aromatic N) is 2. The van der Waals surface area contributed by atoms with Crippen molar-refractivity contribution in [3.05, 3.63) is 86.3 Å². The van der Waals surface area contributed by atoms with Gasteiger partial charge in [0.25, 0.3) is 0 Å². The van der Waals surface area contributed by atoms with Crippen LogP contribution in [0, 0.1) is 0 Å². The predicted molar refractivity (Wildman–Crippen MR) is 112 cm³/mol. The average molecular weight is 419 g/mol. The van der Waals surface area contributed by atoms with E-state index in [2.05, 4.69) is 16.4 Å². The largest absolute Gasteiger partial charge is 0.332 e. The maximum absolute atomic E-state index is 12.9. The molecule has 1 amide bonds. The lowest BCUT2D eigenvalue weighted by Gasteiger charge is -2.23. The van der Waals surface area contributed by atoms with Crippen molar-refractivity contribution in [2.75, 3.05) is 0 Å². The van der Waals surface area contributed by atoms with Crippen LogP contribution in [-0.4, -0.2) is 15.8 Å². The first-order chi connectivity index (χ1) is 13.1. The summed E-state index contributed by atoms with van der Waals surface area (Å²) in [6, 6.07) is 15.4. The Morgan fingerprint density at radius 1 is 1.04 bits per heavy atom. The summed E-state index contributed by atoms with van der Waals surface area (Å²) in [4.78, 5) is 20.4. The van der Waals surface area contributed by atoms with Gasteiger partial charge in [-0.3, -0.25) is 9.78 Å². The zero-order valence-corrected chi connectivity index (χ0v) is 17.1. The number of aryl methyl sites for hydroxylation is 1. The van der Waals surface area contributed by atoms with Crippen molar-refractivity contribution in [2.24, 2.45) is 0 Å². The average Bonchev–Trinajstić information content (AvgIpc) is 3.18. The van der Waals surface area contributed by atoms with Crippen molar-refractivity contribution in [3.63, 3.8) is 0 Å². The molecule has 0 aliphatic carbocycles. The smallest absolute Gasteiger partial charge is 0.223 e. The second-order valence-electron chi connectivity index (χ2n) is 6.25. The Morgan fingerprint density at radius 2 is 1.93 bits per heavy atom. The van der Waals surface area contributed by atoms with Gasteiger partial charge in [-0.05, 0) is 54.1 Å². The number of halogens is 2. The Kier molecular flexibility index (Phi) is 7.27. The fraction of sp³-hybridized carbons (Fsp3) is 0.238. The van der Waals surface area contributed by atoms with Crippen LogP contribution >= 0.6 is 34.5 Å². The molecule has 3 rings (SSSR count). The number of carbonyl (C=O) groups is 1. The standard InChI is InChI=1S/C21H20Cl2N2OS/c22-19-10-9-16(13-20(19)23)14-25(15-17-5-1-2-11-24-17)21(26)8-3-6-18-7-4-12-27-18/h1-2,4-5,7,9-13H,3,6,8,14-15H2. The molecule has 0 saturated heterocycles. The third kappa shape index (κ3) is 6.06. The van der Waals surface area contributed by atoms with Crippen molar-refractivity contribution in [1.82, 2.24) is 9.88 Å². The molecule has 2 aromatic heterocycles. The van der Waals surface area contributed by atoms with Crippen molar-refractivity contribution < 1.29 is 4.79 Å². The Bertz CT molecular complexity index is 869. The van der Waals surface area contributed by atoms with Gasteiger partial charge in [0.2, 0.25) is 5.91 Å². The highest BCUT2D eigenvalue weighted by Crippen LogP contribution is 2.24. The van der Waals surface area contributed by atoms with Gasteiger partial charge < -0.3 is 4.90 Å². The monoisotopic (exact) mass is 418 g/mol. The van der Waals surface area contributed by atoms with Gasteiger partial charge in [0.1, 0.15) is 0 Å². The molecular weight excluding hydrogens is 399 g/mol. The summed E-state index contributed by atoms with van der Waals surface area (Å²) in [5.74, 6) is 0.114. The molecule has 27 heavy (non-hydrogen) atoms. The summed E-state index contributed by atoms with van der Waals surface area (Å²) in [6.45, 7) is 0.949. The molecule has 140 valence electrons. The minimum absolute atomic E-state index is 0.114. The highest BCUT2D eigenvalue weighted by atomic mass is 35.5. The van der Waals surface area contributed by atoms with Gasteiger partial charge in [-0.25, -0.2) is 0 Å². The molecule has 0 fully saturated rings. The molecule has 3 aromatic rings. The van der Waals surface area contributed by atoms with Crippen molar-refractivity contribution >= 4 is 40.4 Å². The SMILES string of the molecule is O=C(CCCc1cccs1)N(Cc1ccc(Cl)c(Cl)c1)Cc1ccccn1. The summed E-state index contributed by atoms with van der Waals surface area (Å²) in [7, 11) is 0. The van der Waals surface area contributed by atoms with Gasteiger partial charge in [-0.2, -0.15) is 0 Å². The molecule has 1 aromatic carbocycles. The number of pyridine rings is 1. The van der Waals surface area contributed by atoms with Crippen LogP contribution in [0.3, 0.4) is 0 Å². The van der Waals surface area contributed by atoms with Crippen LogP contribution in [-0.2, 0) is 24.3 Å². The molecule has 2 heterocycles. The highest BCUT2D eigenvalue weighted by molar-refractivity contribution is 7.09. The van der Waals surface area contributed by atoms with Crippen molar-refractivity contribution in [3.8, 4) is 0 Å². The first-order valence-electron chi connectivity index (χ1n) is 8.76. The van der Waals surface area contributed by atoms with Gasteiger partial charge in [-0.1, -0.05) is 41.4 Å². The minimum atomic E-state index is 0.114. The molecule has 0 N–H and O–H groups in total. The van der Waals surface area contributed by atoms with Crippen molar-refractivity contribution in [2.45, 2.75) is 32.4 Å². The minimum Gasteiger partial charge on any atom is -0.332 e. The Morgan fingerprint density at radius 3 is 2.63 bits per heavy atom. The van der Waals surface area contributed by atoms with E-state index in [0.29, 0.717) is 29.6 Å². The molecule has 6 heteroatoms. The molecule has 0 aliphatic rings. The second kappa shape index (κ2) is 9.88.